The van der Waals surface area contributed by atoms with Crippen LogP contribution in [-0.2, 0) is 9.53 Å². The van der Waals surface area contributed by atoms with Gasteiger partial charge in [-0.1, -0.05) is 0 Å². The molecule has 0 unspecified atom stereocenters. The number of halogens is 1. The van der Waals surface area contributed by atoms with Gasteiger partial charge in [0.1, 0.15) is 5.82 Å². The van der Waals surface area contributed by atoms with Crippen molar-refractivity contribution in [2.75, 3.05) is 25.1 Å². The average Bonchev–Trinajstić information content (AvgIpc) is 2.49. The smallest absolute Gasteiger partial charge is 0.338 e. The molecule has 114 valence electrons. The molecule has 1 aliphatic rings. The molecule has 1 aromatic rings. The maximum Gasteiger partial charge on any atom is 0.338 e. The molecule has 1 aromatic carbocycles. The van der Waals surface area contributed by atoms with E-state index in [1.807, 2.05) is 0 Å². The van der Waals surface area contributed by atoms with Crippen LogP contribution in [0.15, 0.2) is 18.2 Å². The number of benzene rings is 1. The number of hydrogen-bond acceptors (Lipinski definition) is 4. The second-order valence-electron chi connectivity index (χ2n) is 5.05. The van der Waals surface area contributed by atoms with Gasteiger partial charge in [-0.15, -0.1) is 0 Å². The zero-order valence-electron chi connectivity index (χ0n) is 11.4. The molecule has 0 saturated carbocycles. The monoisotopic (exact) mass is 296 g/mol. The summed E-state index contributed by atoms with van der Waals surface area (Å²) < 4.78 is 18.6. The Morgan fingerprint density at radius 2 is 2.05 bits per heavy atom. The summed E-state index contributed by atoms with van der Waals surface area (Å²) in [6.07, 6.45) is 1.00. The molecule has 0 aliphatic carbocycles. The fourth-order valence-corrected chi connectivity index (χ4v) is 2.32. The van der Waals surface area contributed by atoms with Gasteiger partial charge in [-0.05, 0) is 31.0 Å². The number of carboxylic acid groups (broad SMARTS) is 1. The molecule has 1 aliphatic heterocycles. The largest absolute Gasteiger partial charge is 0.478 e. The second kappa shape index (κ2) is 6.19. The van der Waals surface area contributed by atoms with Crippen molar-refractivity contribution in [1.82, 2.24) is 0 Å². The van der Waals surface area contributed by atoms with Crippen LogP contribution in [0.1, 0.15) is 23.2 Å². The standard InChI is InChI=1S/C14H17FN2O4/c15-11-2-1-9(7-10(11)12(18)19)17-13(20)14(8-16)3-5-21-6-4-14/h1-2,7H,3-6,8,16H2,(H,17,20)(H,18,19). The molecule has 1 amide bonds. The Morgan fingerprint density at radius 3 is 2.62 bits per heavy atom. The number of hydrogen-bond donors (Lipinski definition) is 3. The van der Waals surface area contributed by atoms with Crippen LogP contribution in [0.3, 0.4) is 0 Å². The lowest BCUT2D eigenvalue weighted by Gasteiger charge is -2.34. The molecule has 7 heteroatoms. The number of carbonyl (C=O) groups excluding carboxylic acids is 1. The minimum absolute atomic E-state index is 0.176. The van der Waals surface area contributed by atoms with E-state index in [2.05, 4.69) is 5.32 Å². The van der Waals surface area contributed by atoms with Gasteiger partial charge in [-0.3, -0.25) is 4.79 Å². The maximum atomic E-state index is 13.3. The minimum atomic E-state index is -1.39. The summed E-state index contributed by atoms with van der Waals surface area (Å²) in [7, 11) is 0. The van der Waals surface area contributed by atoms with E-state index >= 15 is 0 Å². The van der Waals surface area contributed by atoms with Crippen molar-refractivity contribution in [3.05, 3.63) is 29.6 Å². The third kappa shape index (κ3) is 3.20. The van der Waals surface area contributed by atoms with E-state index in [4.69, 9.17) is 15.6 Å². The highest BCUT2D eigenvalue weighted by molar-refractivity contribution is 5.97. The number of ether oxygens (including phenoxy) is 1. The topological polar surface area (TPSA) is 102 Å². The Morgan fingerprint density at radius 1 is 1.38 bits per heavy atom. The molecule has 1 heterocycles. The van der Waals surface area contributed by atoms with Crippen molar-refractivity contribution in [3.8, 4) is 0 Å². The van der Waals surface area contributed by atoms with Crippen molar-refractivity contribution in [2.45, 2.75) is 12.8 Å². The Bertz CT molecular complexity index is 556. The van der Waals surface area contributed by atoms with Crippen LogP contribution in [0.4, 0.5) is 10.1 Å². The first-order valence-electron chi connectivity index (χ1n) is 6.61. The third-order valence-electron chi connectivity index (χ3n) is 3.78. The van der Waals surface area contributed by atoms with Gasteiger partial charge < -0.3 is 20.9 Å². The highest BCUT2D eigenvalue weighted by Gasteiger charge is 2.38. The van der Waals surface area contributed by atoms with E-state index < -0.39 is 22.8 Å². The van der Waals surface area contributed by atoms with Gasteiger partial charge in [-0.2, -0.15) is 0 Å². The lowest BCUT2D eigenvalue weighted by atomic mass is 9.79. The van der Waals surface area contributed by atoms with E-state index in [-0.39, 0.29) is 18.1 Å². The highest BCUT2D eigenvalue weighted by Crippen LogP contribution is 2.31. The van der Waals surface area contributed by atoms with Crippen LogP contribution >= 0.6 is 0 Å². The maximum absolute atomic E-state index is 13.3. The summed E-state index contributed by atoms with van der Waals surface area (Å²) in [6, 6.07) is 3.43. The number of nitrogens with one attached hydrogen (secondary N) is 1. The summed E-state index contributed by atoms with van der Waals surface area (Å²) in [4.78, 5) is 23.3. The quantitative estimate of drug-likeness (QED) is 0.775. The second-order valence-corrected chi connectivity index (χ2v) is 5.05. The molecular formula is C14H17FN2O4. The molecule has 6 nitrogen and oxygen atoms in total. The molecule has 0 atom stereocenters. The highest BCUT2D eigenvalue weighted by atomic mass is 19.1. The van der Waals surface area contributed by atoms with Crippen molar-refractivity contribution in [3.63, 3.8) is 0 Å². The Balaban J connectivity index is 2.19. The Hall–Kier alpha value is -1.99. The molecule has 0 radical (unpaired) electrons. The molecule has 4 N–H and O–H groups in total. The van der Waals surface area contributed by atoms with Crippen LogP contribution in [0.2, 0.25) is 0 Å². The summed E-state index contributed by atoms with van der Waals surface area (Å²) in [5.74, 6) is -2.53. The normalized spacial score (nSPS) is 17.2. The molecule has 2 rings (SSSR count). The first-order chi connectivity index (χ1) is 9.98. The fraction of sp³-hybridized carbons (Fsp3) is 0.429. The van der Waals surface area contributed by atoms with Crippen molar-refractivity contribution in [1.29, 1.82) is 0 Å². The van der Waals surface area contributed by atoms with Gasteiger partial charge in [0.25, 0.3) is 0 Å². The zero-order chi connectivity index (χ0) is 15.5. The van der Waals surface area contributed by atoms with Crippen molar-refractivity contribution < 1.29 is 23.8 Å². The number of aromatic carboxylic acids is 1. The van der Waals surface area contributed by atoms with Crippen LogP contribution in [0.25, 0.3) is 0 Å². The Labute approximate surface area is 121 Å². The predicted molar refractivity (Wildman–Crippen MR) is 73.5 cm³/mol. The van der Waals surface area contributed by atoms with Crippen LogP contribution in [0.5, 0.6) is 0 Å². The van der Waals surface area contributed by atoms with Crippen LogP contribution in [-0.4, -0.2) is 36.7 Å². The summed E-state index contributed by atoms with van der Waals surface area (Å²) >= 11 is 0. The van der Waals surface area contributed by atoms with Gasteiger partial charge in [-0.25, -0.2) is 9.18 Å². The van der Waals surface area contributed by atoms with E-state index in [1.165, 1.54) is 6.07 Å². The first-order valence-corrected chi connectivity index (χ1v) is 6.61. The zero-order valence-corrected chi connectivity index (χ0v) is 11.4. The number of nitrogens with two attached hydrogens (primary N) is 1. The number of carboxylic acids is 1. The van der Waals surface area contributed by atoms with Gasteiger partial charge in [0.05, 0.1) is 11.0 Å². The molecule has 0 aromatic heterocycles. The van der Waals surface area contributed by atoms with Crippen LogP contribution < -0.4 is 11.1 Å². The van der Waals surface area contributed by atoms with E-state index in [9.17, 15) is 14.0 Å². The summed E-state index contributed by atoms with van der Waals surface area (Å²) in [5, 5.41) is 11.5. The summed E-state index contributed by atoms with van der Waals surface area (Å²) in [6.45, 7) is 1.08. The van der Waals surface area contributed by atoms with Crippen LogP contribution in [0, 0.1) is 11.2 Å². The molecule has 0 spiro atoms. The third-order valence-corrected chi connectivity index (χ3v) is 3.78. The van der Waals surface area contributed by atoms with E-state index in [0.717, 1.165) is 12.1 Å². The molecule has 1 fully saturated rings. The lowest BCUT2D eigenvalue weighted by Crippen LogP contribution is -2.46. The van der Waals surface area contributed by atoms with E-state index in [0.29, 0.717) is 26.1 Å². The molecular weight excluding hydrogens is 279 g/mol. The number of carbonyl (C=O) groups is 2. The van der Waals surface area contributed by atoms with Crippen molar-refractivity contribution >= 4 is 17.6 Å². The van der Waals surface area contributed by atoms with Crippen molar-refractivity contribution in [2.24, 2.45) is 11.1 Å². The SMILES string of the molecule is NCC1(C(=O)Nc2ccc(F)c(C(=O)O)c2)CCOCC1. The summed E-state index contributed by atoms with van der Waals surface area (Å²) in [5.41, 5.74) is 4.75. The average molecular weight is 296 g/mol. The molecule has 1 saturated heterocycles. The van der Waals surface area contributed by atoms with Gasteiger partial charge in [0.15, 0.2) is 0 Å². The van der Waals surface area contributed by atoms with E-state index in [1.54, 1.807) is 0 Å². The van der Waals surface area contributed by atoms with Gasteiger partial charge in [0, 0.05) is 25.4 Å². The molecule has 0 bridgehead atoms. The fourth-order valence-electron chi connectivity index (χ4n) is 2.32. The number of rotatable bonds is 4. The van der Waals surface area contributed by atoms with Gasteiger partial charge >= 0.3 is 5.97 Å². The minimum Gasteiger partial charge on any atom is -0.478 e. The number of amides is 1. The predicted octanol–water partition coefficient (Wildman–Crippen LogP) is 1.22. The first kappa shape index (κ1) is 15.4. The molecule has 21 heavy (non-hydrogen) atoms. The lowest BCUT2D eigenvalue weighted by molar-refractivity contribution is -0.130. The number of anilines is 1. The Kier molecular flexibility index (Phi) is 4.54. The van der Waals surface area contributed by atoms with Gasteiger partial charge in [0.2, 0.25) is 5.91 Å².